The maximum Gasteiger partial charge on any atom is 0.271 e. The van der Waals surface area contributed by atoms with Gasteiger partial charge in [-0.05, 0) is 61.2 Å². The standard InChI is InChI=1S/C30H28FN3O4/c1-3-34(18-23-8-4-7-11-26(23)31)29(36)19-38-28-15-13-22(24-9-5-6-10-25(24)28)17-32-33-30(37)21-12-14-27(35)20(2)16-21/h4-17,35H,3,18-19H2,1-2H3,(H,33,37)/b32-17+. The van der Waals surface area contributed by atoms with Crippen molar-refractivity contribution in [2.75, 3.05) is 13.2 Å². The fourth-order valence-electron chi connectivity index (χ4n) is 3.99. The lowest BCUT2D eigenvalue weighted by molar-refractivity contribution is -0.133. The minimum Gasteiger partial charge on any atom is -0.508 e. The highest BCUT2D eigenvalue weighted by molar-refractivity contribution is 6.03. The van der Waals surface area contributed by atoms with Gasteiger partial charge in [-0.3, -0.25) is 9.59 Å². The average molecular weight is 514 g/mol. The van der Waals surface area contributed by atoms with Crippen LogP contribution in [-0.2, 0) is 11.3 Å². The number of phenolic OH excluding ortho intramolecular Hbond substituents is 1. The zero-order valence-electron chi connectivity index (χ0n) is 21.1. The van der Waals surface area contributed by atoms with Crippen LogP contribution in [0.25, 0.3) is 10.8 Å². The summed E-state index contributed by atoms with van der Waals surface area (Å²) in [7, 11) is 0. The Hall–Kier alpha value is -4.72. The van der Waals surface area contributed by atoms with E-state index in [0.29, 0.717) is 29.0 Å². The first-order valence-electron chi connectivity index (χ1n) is 12.2. The summed E-state index contributed by atoms with van der Waals surface area (Å²) < 4.78 is 19.9. The van der Waals surface area contributed by atoms with Crippen molar-refractivity contribution in [3.63, 3.8) is 0 Å². The van der Waals surface area contributed by atoms with Crippen LogP contribution in [0.1, 0.15) is 34.0 Å². The minimum absolute atomic E-state index is 0.119. The van der Waals surface area contributed by atoms with Crippen LogP contribution >= 0.6 is 0 Å². The number of nitrogens with zero attached hydrogens (tertiary/aromatic N) is 2. The Kier molecular flexibility index (Phi) is 8.33. The van der Waals surface area contributed by atoms with Gasteiger partial charge in [0, 0.05) is 35.2 Å². The van der Waals surface area contributed by atoms with E-state index in [-0.39, 0.29) is 30.6 Å². The maximum atomic E-state index is 14.1. The molecule has 4 aromatic carbocycles. The van der Waals surface area contributed by atoms with Gasteiger partial charge in [0.2, 0.25) is 0 Å². The van der Waals surface area contributed by atoms with E-state index in [1.165, 1.54) is 24.4 Å². The Morgan fingerprint density at radius 2 is 1.76 bits per heavy atom. The number of aromatic hydroxyl groups is 1. The number of rotatable bonds is 9. The molecule has 0 aliphatic carbocycles. The number of hydrogen-bond donors (Lipinski definition) is 2. The van der Waals surface area contributed by atoms with E-state index in [1.807, 2.05) is 31.2 Å². The normalized spacial score (nSPS) is 11.0. The van der Waals surface area contributed by atoms with Gasteiger partial charge >= 0.3 is 0 Å². The van der Waals surface area contributed by atoms with Crippen molar-refractivity contribution in [3.8, 4) is 11.5 Å². The first-order valence-corrected chi connectivity index (χ1v) is 12.2. The van der Waals surface area contributed by atoms with Crippen LogP contribution < -0.4 is 10.2 Å². The molecular weight excluding hydrogens is 485 g/mol. The molecule has 0 heterocycles. The first kappa shape index (κ1) is 26.3. The zero-order chi connectivity index (χ0) is 27.1. The number of amides is 2. The molecule has 8 heteroatoms. The van der Waals surface area contributed by atoms with Crippen LogP contribution in [0.4, 0.5) is 4.39 Å². The molecule has 4 aromatic rings. The molecule has 2 amide bonds. The summed E-state index contributed by atoms with van der Waals surface area (Å²) >= 11 is 0. The van der Waals surface area contributed by atoms with E-state index in [0.717, 1.165) is 16.3 Å². The van der Waals surface area contributed by atoms with Gasteiger partial charge in [0.05, 0.1) is 6.21 Å². The summed E-state index contributed by atoms with van der Waals surface area (Å²) in [5, 5.41) is 15.3. The molecule has 0 fully saturated rings. The molecule has 0 spiro atoms. The van der Waals surface area contributed by atoms with E-state index in [2.05, 4.69) is 10.5 Å². The van der Waals surface area contributed by atoms with Crippen molar-refractivity contribution in [1.82, 2.24) is 10.3 Å². The largest absolute Gasteiger partial charge is 0.508 e. The van der Waals surface area contributed by atoms with E-state index >= 15 is 0 Å². The Morgan fingerprint density at radius 3 is 2.50 bits per heavy atom. The topological polar surface area (TPSA) is 91.2 Å². The van der Waals surface area contributed by atoms with E-state index < -0.39 is 5.91 Å². The van der Waals surface area contributed by atoms with Gasteiger partial charge < -0.3 is 14.7 Å². The third kappa shape index (κ3) is 6.15. The van der Waals surface area contributed by atoms with Gasteiger partial charge in [0.1, 0.15) is 17.3 Å². The minimum atomic E-state index is -0.400. The molecule has 0 aliphatic rings. The number of hydrazone groups is 1. The molecule has 0 unspecified atom stereocenters. The number of phenols is 1. The van der Waals surface area contributed by atoms with Gasteiger partial charge in [-0.1, -0.05) is 42.5 Å². The Labute approximate surface area is 220 Å². The molecule has 0 bridgehead atoms. The Balaban J connectivity index is 1.45. The first-order chi connectivity index (χ1) is 18.4. The Bertz CT molecular complexity index is 1500. The smallest absolute Gasteiger partial charge is 0.271 e. The quantitative estimate of drug-likeness (QED) is 0.238. The van der Waals surface area contributed by atoms with E-state index in [1.54, 1.807) is 48.2 Å². The molecule has 2 N–H and O–H groups in total. The molecule has 0 aliphatic heterocycles. The van der Waals surface area contributed by atoms with Crippen LogP contribution in [0.15, 0.2) is 84.0 Å². The summed E-state index contributed by atoms with van der Waals surface area (Å²) in [5.74, 6) is -0.359. The molecule has 38 heavy (non-hydrogen) atoms. The second kappa shape index (κ2) is 12.0. The van der Waals surface area contributed by atoms with E-state index in [4.69, 9.17) is 4.74 Å². The van der Waals surface area contributed by atoms with Gasteiger partial charge in [0.25, 0.3) is 11.8 Å². The number of ether oxygens (including phenoxy) is 1. The summed E-state index contributed by atoms with van der Waals surface area (Å²) in [6.07, 6.45) is 1.54. The number of nitrogens with one attached hydrogen (secondary N) is 1. The molecular formula is C30H28FN3O4. The molecule has 0 atom stereocenters. The van der Waals surface area contributed by atoms with Crippen LogP contribution in [0.5, 0.6) is 11.5 Å². The SMILES string of the molecule is CCN(Cc1ccccc1F)C(=O)COc1ccc(/C=N/NC(=O)c2ccc(O)c(C)c2)c2ccccc12. The highest BCUT2D eigenvalue weighted by atomic mass is 19.1. The summed E-state index contributed by atoms with van der Waals surface area (Å²) in [6, 6.07) is 22.0. The number of likely N-dealkylation sites (N-methyl/N-ethyl adjacent to an activating group) is 1. The van der Waals surface area contributed by atoms with Crippen molar-refractivity contribution in [1.29, 1.82) is 0 Å². The number of carbonyl (C=O) groups is 2. The van der Waals surface area contributed by atoms with Crippen LogP contribution in [-0.4, -0.2) is 41.2 Å². The Morgan fingerprint density at radius 1 is 1.03 bits per heavy atom. The van der Waals surface area contributed by atoms with Crippen molar-refractivity contribution in [3.05, 3.63) is 107 Å². The van der Waals surface area contributed by atoms with Crippen molar-refractivity contribution >= 4 is 28.8 Å². The number of carbonyl (C=O) groups excluding carboxylic acids is 2. The number of fused-ring (bicyclic) bond motifs is 1. The molecule has 0 saturated carbocycles. The van der Waals surface area contributed by atoms with Crippen LogP contribution in [0, 0.1) is 12.7 Å². The molecule has 0 aromatic heterocycles. The zero-order valence-corrected chi connectivity index (χ0v) is 21.1. The third-order valence-corrected chi connectivity index (χ3v) is 6.15. The van der Waals surface area contributed by atoms with Crippen LogP contribution in [0.3, 0.4) is 0 Å². The van der Waals surface area contributed by atoms with Gasteiger partial charge in [0.15, 0.2) is 6.61 Å². The number of hydrogen-bond acceptors (Lipinski definition) is 5. The predicted molar refractivity (Wildman–Crippen MR) is 145 cm³/mol. The lowest BCUT2D eigenvalue weighted by Crippen LogP contribution is -2.34. The molecule has 4 rings (SSSR count). The molecule has 0 radical (unpaired) electrons. The predicted octanol–water partition coefficient (Wildman–Crippen LogP) is 5.18. The number of aryl methyl sites for hydroxylation is 1. The lowest BCUT2D eigenvalue weighted by Gasteiger charge is -2.21. The molecule has 7 nitrogen and oxygen atoms in total. The van der Waals surface area contributed by atoms with Gasteiger partial charge in [-0.15, -0.1) is 0 Å². The monoisotopic (exact) mass is 513 g/mol. The molecule has 194 valence electrons. The molecule has 0 saturated heterocycles. The highest BCUT2D eigenvalue weighted by Crippen LogP contribution is 2.28. The second-order valence-electron chi connectivity index (χ2n) is 8.69. The summed E-state index contributed by atoms with van der Waals surface area (Å²) in [5.41, 5.74) is 4.67. The van der Waals surface area contributed by atoms with Crippen molar-refractivity contribution < 1.29 is 23.8 Å². The van der Waals surface area contributed by atoms with E-state index in [9.17, 15) is 19.1 Å². The second-order valence-corrected chi connectivity index (χ2v) is 8.69. The fraction of sp³-hybridized carbons (Fsp3) is 0.167. The highest BCUT2D eigenvalue weighted by Gasteiger charge is 2.16. The lowest BCUT2D eigenvalue weighted by atomic mass is 10.0. The number of halogens is 1. The summed E-state index contributed by atoms with van der Waals surface area (Å²) in [6.45, 7) is 3.94. The van der Waals surface area contributed by atoms with Crippen molar-refractivity contribution in [2.24, 2.45) is 5.10 Å². The third-order valence-electron chi connectivity index (χ3n) is 6.15. The van der Waals surface area contributed by atoms with Crippen molar-refractivity contribution in [2.45, 2.75) is 20.4 Å². The maximum absolute atomic E-state index is 14.1. The average Bonchev–Trinajstić information content (AvgIpc) is 2.93. The fourth-order valence-corrected chi connectivity index (χ4v) is 3.99. The van der Waals surface area contributed by atoms with Gasteiger partial charge in [-0.25, -0.2) is 9.82 Å². The van der Waals surface area contributed by atoms with Crippen LogP contribution in [0.2, 0.25) is 0 Å². The number of benzene rings is 4. The van der Waals surface area contributed by atoms with Gasteiger partial charge in [-0.2, -0.15) is 5.10 Å². The summed E-state index contributed by atoms with van der Waals surface area (Å²) in [4.78, 5) is 26.8.